The highest BCUT2D eigenvalue weighted by Crippen LogP contribution is 2.40. The lowest BCUT2D eigenvalue weighted by atomic mass is 10.1. The molecule has 0 amide bonds. The van der Waals surface area contributed by atoms with E-state index in [-0.39, 0.29) is 19.3 Å². The molecule has 1 aromatic heterocycles. The fourth-order valence-corrected chi connectivity index (χ4v) is 7.32. The van der Waals surface area contributed by atoms with Gasteiger partial charge in [0, 0.05) is 66.1 Å². The number of piperazine rings is 1. The standard InChI is InChI=1S/C38H39Cl2N7O4S/c39-28-6-15-35(36(40)22-28)38(25-46-27-41-26-42-46)50-24-34(51-38)23-49-33-13-11-31(12-14-33)45-18-16-44(17-19-45)30-9-7-29(8-10-30)43-37(52)47(20-21-48)32-4-2-1-3-5-32/h1-15,22,26-27,34,48H,16-21,23-25H2,(H,43,52). The van der Waals surface area contributed by atoms with Crippen LogP contribution in [0.25, 0.3) is 0 Å². The number of aliphatic hydroxyl groups excluding tert-OH is 1. The first-order chi connectivity index (χ1) is 25.4. The minimum absolute atomic E-state index is 0.00149. The van der Waals surface area contributed by atoms with E-state index in [1.165, 1.54) is 6.33 Å². The molecule has 2 unspecified atom stereocenters. The molecule has 2 saturated heterocycles. The number of para-hydroxylation sites is 1. The van der Waals surface area contributed by atoms with Crippen molar-refractivity contribution in [3.63, 3.8) is 0 Å². The normalized spacial score (nSPS) is 18.7. The first kappa shape index (κ1) is 36.0. The molecule has 11 nitrogen and oxygen atoms in total. The average Bonchev–Trinajstić information content (AvgIpc) is 3.84. The third-order valence-corrected chi connectivity index (χ3v) is 9.95. The summed E-state index contributed by atoms with van der Waals surface area (Å²) in [5, 5.41) is 18.7. The summed E-state index contributed by atoms with van der Waals surface area (Å²) in [7, 11) is 0. The molecule has 0 bridgehead atoms. The fraction of sp³-hybridized carbons (Fsp3) is 0.289. The Balaban J connectivity index is 0.897. The molecular weight excluding hydrogens is 721 g/mol. The van der Waals surface area contributed by atoms with Crippen molar-refractivity contribution >= 4 is 63.3 Å². The van der Waals surface area contributed by atoms with Crippen molar-refractivity contribution in [2.24, 2.45) is 0 Å². The zero-order valence-corrected chi connectivity index (χ0v) is 30.7. The number of halogens is 2. The molecule has 2 aliphatic rings. The van der Waals surface area contributed by atoms with Crippen molar-refractivity contribution in [3.8, 4) is 5.75 Å². The Morgan fingerprint density at radius 3 is 2.27 bits per heavy atom. The Kier molecular flexibility index (Phi) is 11.4. The fourth-order valence-electron chi connectivity index (χ4n) is 6.45. The maximum absolute atomic E-state index is 9.58. The number of nitrogens with zero attached hydrogens (tertiary/aromatic N) is 6. The SMILES string of the molecule is OCCN(C(=S)Nc1ccc(N2CCN(c3ccc(OCC4COC(Cn5cncn5)(c5ccc(Cl)cc5Cl)O4)cc3)CC2)cc1)c1ccccc1. The van der Waals surface area contributed by atoms with Crippen molar-refractivity contribution in [2.75, 3.05) is 72.6 Å². The molecule has 2 aliphatic heterocycles. The number of anilines is 4. The van der Waals surface area contributed by atoms with E-state index in [0.717, 1.165) is 54.7 Å². The van der Waals surface area contributed by atoms with Crippen molar-refractivity contribution < 1.29 is 19.3 Å². The van der Waals surface area contributed by atoms with E-state index in [1.807, 2.05) is 65.6 Å². The predicted octanol–water partition coefficient (Wildman–Crippen LogP) is 6.45. The van der Waals surface area contributed by atoms with Gasteiger partial charge in [-0.3, -0.25) is 0 Å². The lowest BCUT2D eigenvalue weighted by Gasteiger charge is -2.37. The van der Waals surface area contributed by atoms with Crippen molar-refractivity contribution in [2.45, 2.75) is 18.4 Å². The van der Waals surface area contributed by atoms with Crippen LogP contribution in [0.3, 0.4) is 0 Å². The van der Waals surface area contributed by atoms with E-state index in [1.54, 1.807) is 23.1 Å². The highest BCUT2D eigenvalue weighted by molar-refractivity contribution is 7.80. The molecule has 5 aromatic rings. The van der Waals surface area contributed by atoms with Crippen molar-refractivity contribution in [3.05, 3.63) is 125 Å². The van der Waals surface area contributed by atoms with Gasteiger partial charge < -0.3 is 39.3 Å². The molecule has 2 fully saturated rings. The lowest BCUT2D eigenvalue weighted by molar-refractivity contribution is -0.190. The monoisotopic (exact) mass is 759 g/mol. The maximum Gasteiger partial charge on any atom is 0.217 e. The summed E-state index contributed by atoms with van der Waals surface area (Å²) in [6, 6.07) is 31.6. The average molecular weight is 761 g/mol. The van der Waals surface area contributed by atoms with Crippen molar-refractivity contribution in [1.82, 2.24) is 14.8 Å². The Bertz CT molecular complexity index is 1910. The third-order valence-electron chi connectivity index (χ3n) is 9.08. The second-order valence-electron chi connectivity index (χ2n) is 12.5. The molecule has 2 N–H and O–H groups in total. The second kappa shape index (κ2) is 16.5. The van der Waals surface area contributed by atoms with E-state index in [0.29, 0.717) is 40.5 Å². The number of nitrogens with one attached hydrogen (secondary N) is 1. The number of ether oxygens (including phenoxy) is 3. The molecule has 4 aromatic carbocycles. The second-order valence-corrected chi connectivity index (χ2v) is 13.7. The number of rotatable bonds is 12. The summed E-state index contributed by atoms with van der Waals surface area (Å²) in [6.07, 6.45) is 2.74. The van der Waals surface area contributed by atoms with Gasteiger partial charge >= 0.3 is 0 Å². The molecule has 0 aliphatic carbocycles. The number of hydrogen-bond acceptors (Lipinski definition) is 9. The van der Waals surface area contributed by atoms with Gasteiger partial charge in [0.1, 0.15) is 37.7 Å². The van der Waals surface area contributed by atoms with Crippen LogP contribution in [0.4, 0.5) is 22.7 Å². The highest BCUT2D eigenvalue weighted by atomic mass is 35.5. The van der Waals surface area contributed by atoms with Crippen LogP contribution in [0.15, 0.2) is 110 Å². The van der Waals surface area contributed by atoms with Crippen LogP contribution >= 0.6 is 35.4 Å². The van der Waals surface area contributed by atoms with Crippen molar-refractivity contribution in [1.29, 1.82) is 0 Å². The molecule has 0 radical (unpaired) electrons. The number of aromatic nitrogens is 3. The molecule has 2 atom stereocenters. The van der Waals surface area contributed by atoms with Crippen LogP contribution in [0.1, 0.15) is 5.56 Å². The first-order valence-electron chi connectivity index (χ1n) is 17.1. The molecule has 0 saturated carbocycles. The van der Waals surface area contributed by atoms with E-state index >= 15 is 0 Å². The molecule has 52 heavy (non-hydrogen) atoms. The number of benzene rings is 4. The Morgan fingerprint density at radius 1 is 0.942 bits per heavy atom. The minimum Gasteiger partial charge on any atom is -0.491 e. The van der Waals surface area contributed by atoms with Crippen LogP contribution in [0.2, 0.25) is 10.0 Å². The topological polar surface area (TPSA) is 100 Å². The molecule has 7 rings (SSSR count). The third kappa shape index (κ3) is 8.44. The summed E-state index contributed by atoms with van der Waals surface area (Å²) >= 11 is 18.4. The van der Waals surface area contributed by atoms with Gasteiger partial charge in [-0.15, -0.1) is 0 Å². The summed E-state index contributed by atoms with van der Waals surface area (Å²) in [5.74, 6) is -0.409. The highest BCUT2D eigenvalue weighted by Gasteiger charge is 2.45. The predicted molar refractivity (Wildman–Crippen MR) is 209 cm³/mol. The Hall–Kier alpha value is -4.43. The van der Waals surface area contributed by atoms with E-state index in [4.69, 9.17) is 49.6 Å². The number of thiocarbonyl (C=S) groups is 1. The van der Waals surface area contributed by atoms with Gasteiger partial charge in [0.2, 0.25) is 5.79 Å². The number of aliphatic hydroxyl groups is 1. The van der Waals surface area contributed by atoms with Crippen LogP contribution in [-0.4, -0.2) is 83.6 Å². The molecule has 270 valence electrons. The van der Waals surface area contributed by atoms with Crippen LogP contribution in [0, 0.1) is 0 Å². The number of hydrogen-bond donors (Lipinski definition) is 2. The zero-order chi connectivity index (χ0) is 35.9. The van der Waals surface area contributed by atoms with E-state index in [2.05, 4.69) is 49.5 Å². The molecule has 14 heteroatoms. The van der Waals surface area contributed by atoms with Gasteiger partial charge in [-0.2, -0.15) is 5.10 Å². The van der Waals surface area contributed by atoms with Gasteiger partial charge in [-0.25, -0.2) is 9.67 Å². The lowest BCUT2D eigenvalue weighted by Crippen LogP contribution is -2.46. The van der Waals surface area contributed by atoms with Gasteiger partial charge in [0.05, 0.1) is 18.2 Å². The summed E-state index contributed by atoms with van der Waals surface area (Å²) in [6.45, 7) is 4.89. The van der Waals surface area contributed by atoms with Crippen LogP contribution in [0.5, 0.6) is 5.75 Å². The van der Waals surface area contributed by atoms with Crippen LogP contribution < -0.4 is 24.8 Å². The van der Waals surface area contributed by atoms with Gasteiger partial charge in [0.25, 0.3) is 0 Å². The Labute approximate surface area is 318 Å². The quantitative estimate of drug-likeness (QED) is 0.137. The smallest absolute Gasteiger partial charge is 0.217 e. The van der Waals surface area contributed by atoms with Crippen LogP contribution in [-0.2, 0) is 21.8 Å². The summed E-state index contributed by atoms with van der Waals surface area (Å²) in [4.78, 5) is 10.7. The van der Waals surface area contributed by atoms with E-state index < -0.39 is 5.79 Å². The minimum atomic E-state index is -1.16. The molecule has 0 spiro atoms. The molecule has 3 heterocycles. The summed E-state index contributed by atoms with van der Waals surface area (Å²) < 4.78 is 20.6. The zero-order valence-electron chi connectivity index (χ0n) is 28.4. The summed E-state index contributed by atoms with van der Waals surface area (Å²) in [5.41, 5.74) is 4.81. The molecular formula is C38H39Cl2N7O4S. The largest absolute Gasteiger partial charge is 0.491 e. The van der Waals surface area contributed by atoms with Gasteiger partial charge in [0.15, 0.2) is 5.11 Å². The van der Waals surface area contributed by atoms with E-state index in [9.17, 15) is 5.11 Å². The maximum atomic E-state index is 9.58. The Morgan fingerprint density at radius 2 is 1.63 bits per heavy atom. The first-order valence-corrected chi connectivity index (χ1v) is 18.2. The van der Waals surface area contributed by atoms with Gasteiger partial charge in [-0.1, -0.05) is 47.5 Å². The van der Waals surface area contributed by atoms with Gasteiger partial charge in [-0.05, 0) is 85.0 Å².